The molecule has 1 aliphatic carbocycles. The molecule has 0 saturated carbocycles. The number of anilines is 2. The first-order valence-corrected chi connectivity index (χ1v) is 15.2. The molecule has 8 nitrogen and oxygen atoms in total. The van der Waals surface area contributed by atoms with E-state index in [1.807, 2.05) is 42.5 Å². The highest BCUT2D eigenvalue weighted by molar-refractivity contribution is 5.99. The van der Waals surface area contributed by atoms with Gasteiger partial charge >= 0.3 is 0 Å². The molecule has 0 radical (unpaired) electrons. The monoisotopic (exact) mass is 617 g/mol. The van der Waals surface area contributed by atoms with Gasteiger partial charge in [-0.25, -0.2) is 0 Å². The fraction of sp³-hybridized carbons (Fsp3) is 0.211. The summed E-state index contributed by atoms with van der Waals surface area (Å²) in [5.74, 6) is 1.59. The minimum atomic E-state index is 0.146. The largest absolute Gasteiger partial charge is 0.516 e. The quantitative estimate of drug-likeness (QED) is 0.0657. The smallest absolute Gasteiger partial charge is 0.119 e. The first kappa shape index (κ1) is 32.1. The molecule has 46 heavy (non-hydrogen) atoms. The maximum Gasteiger partial charge on any atom is 0.119 e. The third kappa shape index (κ3) is 7.30. The van der Waals surface area contributed by atoms with Crippen LogP contribution in [0.15, 0.2) is 114 Å². The number of aliphatic hydroxyl groups is 1. The molecule has 5 rings (SSSR count). The second kappa shape index (κ2) is 15.6. The van der Waals surface area contributed by atoms with Crippen molar-refractivity contribution in [3.63, 3.8) is 0 Å². The van der Waals surface area contributed by atoms with Crippen molar-refractivity contribution in [1.29, 1.82) is 0 Å². The highest BCUT2D eigenvalue weighted by atomic mass is 16.5. The lowest BCUT2D eigenvalue weighted by molar-refractivity contribution is 0.146. The molecule has 0 amide bonds. The van der Waals surface area contributed by atoms with Crippen LogP contribution in [0.5, 0.6) is 11.5 Å². The van der Waals surface area contributed by atoms with Crippen molar-refractivity contribution < 1.29 is 19.3 Å². The molecule has 0 unspecified atom stereocenters. The number of aliphatic hydroxyl groups excluding tert-OH is 1. The van der Waals surface area contributed by atoms with Crippen LogP contribution >= 0.6 is 0 Å². The van der Waals surface area contributed by atoms with Gasteiger partial charge < -0.3 is 28.8 Å². The molecule has 1 aromatic heterocycles. The zero-order valence-corrected chi connectivity index (χ0v) is 26.4. The summed E-state index contributed by atoms with van der Waals surface area (Å²) >= 11 is 0. The molecule has 0 fully saturated rings. The fourth-order valence-electron chi connectivity index (χ4n) is 5.56. The second-order valence-electron chi connectivity index (χ2n) is 10.7. The van der Waals surface area contributed by atoms with Crippen molar-refractivity contribution in [2.45, 2.75) is 19.8 Å². The van der Waals surface area contributed by atoms with Crippen molar-refractivity contribution in [3.05, 3.63) is 131 Å². The number of nitrogens with zero attached hydrogens (tertiary/aromatic N) is 3. The summed E-state index contributed by atoms with van der Waals surface area (Å²) in [5, 5.41) is 13.5. The molecular weight excluding hydrogens is 578 g/mol. The van der Waals surface area contributed by atoms with E-state index in [-0.39, 0.29) is 6.54 Å². The molecule has 1 aliphatic rings. The van der Waals surface area contributed by atoms with Gasteiger partial charge in [0, 0.05) is 40.1 Å². The standard InChI is InChI=1S/C38H39N3O5/c1-28-12-21-38-35(26-28)36-27-32(40(30-13-17-33(44-2)18-14-30)31-15-19-34(45-3)20-16-31)9-6-11-37(36)41(38)29(10-7-23-42)8-4-5-24-46-25-22-39-43/h4,6-8,10-21,23,26-27,42H,5,9,22,24-25H2,1-3H3/b8-4-,23-7+,29-10+. The number of hydrogen-bond acceptors (Lipinski definition) is 7. The molecule has 3 aromatic carbocycles. The lowest BCUT2D eigenvalue weighted by Crippen LogP contribution is -2.16. The number of ether oxygens (including phenoxy) is 3. The number of allylic oxidation sites excluding steroid dienone is 5. The Morgan fingerprint density at radius 3 is 2.30 bits per heavy atom. The Kier molecular flexibility index (Phi) is 10.9. The molecule has 0 bridgehead atoms. The van der Waals surface area contributed by atoms with E-state index in [9.17, 15) is 10.0 Å². The molecule has 0 aliphatic heterocycles. The van der Waals surface area contributed by atoms with Gasteiger partial charge in [-0.1, -0.05) is 29.0 Å². The summed E-state index contributed by atoms with van der Waals surface area (Å²) in [6, 6.07) is 22.7. The van der Waals surface area contributed by atoms with Crippen molar-refractivity contribution in [2.24, 2.45) is 5.18 Å². The Bertz CT molecular complexity index is 1750. The van der Waals surface area contributed by atoms with Crippen LogP contribution in [0.2, 0.25) is 0 Å². The van der Waals surface area contributed by atoms with E-state index in [1.54, 1.807) is 20.3 Å². The molecule has 0 atom stereocenters. The molecule has 4 aromatic rings. The summed E-state index contributed by atoms with van der Waals surface area (Å²) in [6.45, 7) is 3.04. The topological polar surface area (TPSA) is 85.5 Å². The molecule has 0 saturated heterocycles. The highest BCUT2D eigenvalue weighted by Crippen LogP contribution is 2.40. The van der Waals surface area contributed by atoms with Crippen LogP contribution in [0.4, 0.5) is 11.4 Å². The Hall–Kier alpha value is -5.34. The van der Waals surface area contributed by atoms with Gasteiger partial charge in [-0.05, 0) is 104 Å². The van der Waals surface area contributed by atoms with Crippen LogP contribution in [0.1, 0.15) is 29.7 Å². The van der Waals surface area contributed by atoms with Crippen LogP contribution in [-0.2, 0) is 4.74 Å². The van der Waals surface area contributed by atoms with Crippen molar-refractivity contribution in [2.75, 3.05) is 38.9 Å². The predicted octanol–water partition coefficient (Wildman–Crippen LogP) is 9.20. The normalized spacial score (nSPS) is 13.2. The molecule has 8 heteroatoms. The van der Waals surface area contributed by atoms with Crippen LogP contribution in [0.3, 0.4) is 0 Å². The van der Waals surface area contributed by atoms with E-state index in [2.05, 4.69) is 82.3 Å². The van der Waals surface area contributed by atoms with Crippen LogP contribution in [0, 0.1) is 11.8 Å². The van der Waals surface area contributed by atoms with Gasteiger partial charge in [0.1, 0.15) is 18.0 Å². The first-order valence-electron chi connectivity index (χ1n) is 15.2. The van der Waals surface area contributed by atoms with E-state index in [0.717, 1.165) is 68.3 Å². The Morgan fingerprint density at radius 1 is 0.978 bits per heavy atom. The maximum atomic E-state index is 10.3. The third-order valence-corrected chi connectivity index (χ3v) is 7.72. The Morgan fingerprint density at radius 2 is 1.67 bits per heavy atom. The van der Waals surface area contributed by atoms with Gasteiger partial charge in [-0.15, -0.1) is 0 Å². The van der Waals surface area contributed by atoms with E-state index in [1.165, 1.54) is 0 Å². The van der Waals surface area contributed by atoms with Gasteiger partial charge in [0.25, 0.3) is 0 Å². The third-order valence-electron chi connectivity index (χ3n) is 7.72. The molecule has 236 valence electrons. The number of rotatable bonds is 14. The Balaban J connectivity index is 1.64. The van der Waals surface area contributed by atoms with Gasteiger partial charge in [0.2, 0.25) is 0 Å². The van der Waals surface area contributed by atoms with Gasteiger partial charge in [-0.3, -0.25) is 0 Å². The lowest BCUT2D eigenvalue weighted by Gasteiger charge is -2.28. The summed E-state index contributed by atoms with van der Waals surface area (Å²) in [6.07, 6.45) is 16.6. The lowest BCUT2D eigenvalue weighted by atomic mass is 10.1. The SMILES string of the molecule is COc1ccc(N(C2=Cc3c(n(C(/C=C\CCOCCN=O)=C/C=C/O)c4ccc(C)cc34)C=CC2)c2ccc(OC)cc2)cc1. The fourth-order valence-corrected chi connectivity index (χ4v) is 5.56. The van der Waals surface area contributed by atoms with Gasteiger partial charge in [0.15, 0.2) is 0 Å². The number of aryl methyl sites for hydroxylation is 1. The number of aromatic nitrogens is 1. The summed E-state index contributed by atoms with van der Waals surface area (Å²) in [5.41, 5.74) is 8.36. The number of methoxy groups -OCH3 is 2. The minimum Gasteiger partial charge on any atom is -0.516 e. The van der Waals surface area contributed by atoms with Crippen molar-refractivity contribution >= 4 is 40.1 Å². The average Bonchev–Trinajstić information content (AvgIpc) is 3.22. The average molecular weight is 618 g/mol. The van der Waals surface area contributed by atoms with Gasteiger partial charge in [0.05, 0.1) is 44.9 Å². The molecule has 0 spiro atoms. The van der Waals surface area contributed by atoms with Crippen LogP contribution < -0.4 is 14.4 Å². The maximum absolute atomic E-state index is 10.3. The number of benzene rings is 3. The van der Waals surface area contributed by atoms with E-state index in [0.29, 0.717) is 26.1 Å². The Labute approximate surface area is 269 Å². The zero-order chi connectivity index (χ0) is 32.3. The van der Waals surface area contributed by atoms with Crippen molar-refractivity contribution in [1.82, 2.24) is 4.57 Å². The summed E-state index contributed by atoms with van der Waals surface area (Å²) in [7, 11) is 3.34. The van der Waals surface area contributed by atoms with Crippen LogP contribution in [0.25, 0.3) is 28.8 Å². The number of nitroso groups, excluding NO2 is 1. The van der Waals surface area contributed by atoms with Crippen molar-refractivity contribution in [3.8, 4) is 11.5 Å². The molecule has 1 N–H and O–H groups in total. The molecular formula is C38H39N3O5. The van der Waals surface area contributed by atoms with E-state index >= 15 is 0 Å². The summed E-state index contributed by atoms with van der Waals surface area (Å²) in [4.78, 5) is 12.6. The highest BCUT2D eigenvalue weighted by Gasteiger charge is 2.22. The van der Waals surface area contributed by atoms with Gasteiger partial charge in [-0.2, -0.15) is 4.91 Å². The summed E-state index contributed by atoms with van der Waals surface area (Å²) < 4.78 is 18.6. The first-order chi connectivity index (χ1) is 22.6. The number of hydrogen-bond donors (Lipinski definition) is 1. The van der Waals surface area contributed by atoms with Crippen LogP contribution in [-0.4, -0.2) is 43.7 Å². The van der Waals surface area contributed by atoms with E-state index in [4.69, 9.17) is 14.2 Å². The molecule has 1 heterocycles. The minimum absolute atomic E-state index is 0.146. The second-order valence-corrected chi connectivity index (χ2v) is 10.7. The zero-order valence-electron chi connectivity index (χ0n) is 26.4. The number of fused-ring (bicyclic) bond motifs is 3. The van der Waals surface area contributed by atoms with E-state index < -0.39 is 0 Å². The predicted molar refractivity (Wildman–Crippen MR) is 188 cm³/mol.